The second-order valence-electron chi connectivity index (χ2n) is 5.83. The number of rotatable bonds is 5. The van der Waals surface area contributed by atoms with Crippen LogP contribution in [0.25, 0.3) is 0 Å². The van der Waals surface area contributed by atoms with E-state index in [0.717, 1.165) is 5.56 Å². The van der Waals surface area contributed by atoms with Gasteiger partial charge in [-0.25, -0.2) is 0 Å². The molecule has 0 saturated heterocycles. The molecule has 0 aliphatic heterocycles. The van der Waals surface area contributed by atoms with Gasteiger partial charge in [-0.05, 0) is 42.4 Å². The van der Waals surface area contributed by atoms with Gasteiger partial charge in [-0.3, -0.25) is 4.79 Å². The maximum absolute atomic E-state index is 12.1. The van der Waals surface area contributed by atoms with Gasteiger partial charge in [0.2, 0.25) is 0 Å². The van der Waals surface area contributed by atoms with Crippen LogP contribution in [0.1, 0.15) is 43.6 Å². The molecule has 1 aromatic rings. The van der Waals surface area contributed by atoms with E-state index in [2.05, 4.69) is 33.0 Å². The van der Waals surface area contributed by atoms with E-state index >= 15 is 0 Å². The van der Waals surface area contributed by atoms with Gasteiger partial charge < -0.3 is 5.32 Å². The largest absolute Gasteiger partial charge is 0.352 e. The zero-order valence-corrected chi connectivity index (χ0v) is 13.2. The van der Waals surface area contributed by atoms with Crippen LogP contribution in [-0.2, 0) is 0 Å². The molecule has 0 bridgehead atoms. The molecule has 2 nitrogen and oxygen atoms in total. The molecular weight excluding hydrogens is 258 g/mol. The summed E-state index contributed by atoms with van der Waals surface area (Å²) in [6, 6.07) is 5.42. The quantitative estimate of drug-likeness (QED) is 0.856. The standard InChI is InChI=1S/C16H24ClNO/c1-10(2)14(11(3)4)9-18-16(19)13-7-6-12(5)15(17)8-13/h6-8,10-11,14H,9H2,1-5H3,(H,18,19). The lowest BCUT2D eigenvalue weighted by atomic mass is 9.85. The molecule has 0 heterocycles. The lowest BCUT2D eigenvalue weighted by Crippen LogP contribution is -2.33. The molecule has 0 saturated carbocycles. The van der Waals surface area contributed by atoms with Crippen molar-refractivity contribution in [3.05, 3.63) is 34.3 Å². The van der Waals surface area contributed by atoms with Crippen molar-refractivity contribution in [3.8, 4) is 0 Å². The fourth-order valence-corrected chi connectivity index (χ4v) is 2.47. The van der Waals surface area contributed by atoms with E-state index < -0.39 is 0 Å². The lowest BCUT2D eigenvalue weighted by molar-refractivity contribution is 0.0937. The highest BCUT2D eigenvalue weighted by molar-refractivity contribution is 6.31. The highest BCUT2D eigenvalue weighted by Gasteiger charge is 2.18. The third kappa shape index (κ3) is 4.54. The van der Waals surface area contributed by atoms with Crippen LogP contribution in [0, 0.1) is 24.7 Å². The average molecular weight is 282 g/mol. The summed E-state index contributed by atoms with van der Waals surface area (Å²) in [7, 11) is 0. The molecule has 1 amide bonds. The zero-order chi connectivity index (χ0) is 14.6. The van der Waals surface area contributed by atoms with Crippen LogP contribution in [0.4, 0.5) is 0 Å². The first-order valence-corrected chi connectivity index (χ1v) is 7.25. The van der Waals surface area contributed by atoms with Crippen LogP contribution in [0.3, 0.4) is 0 Å². The van der Waals surface area contributed by atoms with Crippen molar-refractivity contribution in [2.24, 2.45) is 17.8 Å². The highest BCUT2D eigenvalue weighted by Crippen LogP contribution is 2.20. The first-order chi connectivity index (χ1) is 8.82. The maximum atomic E-state index is 12.1. The second-order valence-corrected chi connectivity index (χ2v) is 6.23. The number of halogens is 1. The summed E-state index contributed by atoms with van der Waals surface area (Å²) in [6.07, 6.45) is 0. The Balaban J connectivity index is 2.66. The fourth-order valence-electron chi connectivity index (χ4n) is 2.29. The lowest BCUT2D eigenvalue weighted by Gasteiger charge is -2.25. The van der Waals surface area contributed by atoms with Gasteiger partial charge in [-0.15, -0.1) is 0 Å². The van der Waals surface area contributed by atoms with Crippen LogP contribution in [0.5, 0.6) is 0 Å². The van der Waals surface area contributed by atoms with Gasteiger partial charge in [-0.1, -0.05) is 45.4 Å². The fraction of sp³-hybridized carbons (Fsp3) is 0.562. The SMILES string of the molecule is Cc1ccc(C(=O)NCC(C(C)C)C(C)C)cc1Cl. The summed E-state index contributed by atoms with van der Waals surface area (Å²) in [5, 5.41) is 3.65. The predicted octanol–water partition coefficient (Wildman–Crippen LogP) is 4.31. The summed E-state index contributed by atoms with van der Waals surface area (Å²) in [5.41, 5.74) is 1.61. The molecule has 0 fully saturated rings. The third-order valence-corrected chi connectivity index (χ3v) is 4.05. The third-order valence-electron chi connectivity index (χ3n) is 3.64. The van der Waals surface area contributed by atoms with E-state index in [9.17, 15) is 4.79 Å². The molecular formula is C16H24ClNO. The number of hydrogen-bond donors (Lipinski definition) is 1. The second kappa shape index (κ2) is 6.95. The maximum Gasteiger partial charge on any atom is 0.251 e. The Morgan fingerprint density at radius 1 is 1.21 bits per heavy atom. The van der Waals surface area contributed by atoms with Crippen molar-refractivity contribution in [1.29, 1.82) is 0 Å². The van der Waals surface area contributed by atoms with Crippen LogP contribution in [0.2, 0.25) is 5.02 Å². The molecule has 0 spiro atoms. The number of benzene rings is 1. The Labute approximate surface area is 121 Å². The van der Waals surface area contributed by atoms with Crippen molar-refractivity contribution in [2.45, 2.75) is 34.6 Å². The monoisotopic (exact) mass is 281 g/mol. The van der Waals surface area contributed by atoms with Crippen molar-refractivity contribution in [2.75, 3.05) is 6.54 Å². The molecule has 19 heavy (non-hydrogen) atoms. The van der Waals surface area contributed by atoms with Crippen LogP contribution >= 0.6 is 11.6 Å². The Kier molecular flexibility index (Phi) is 5.86. The van der Waals surface area contributed by atoms with E-state index in [0.29, 0.717) is 34.9 Å². The summed E-state index contributed by atoms with van der Waals surface area (Å²) in [6.45, 7) is 11.4. The van der Waals surface area contributed by atoms with Gasteiger partial charge in [0.15, 0.2) is 0 Å². The zero-order valence-electron chi connectivity index (χ0n) is 12.5. The summed E-state index contributed by atoms with van der Waals surface area (Å²) >= 11 is 6.04. The van der Waals surface area contributed by atoms with E-state index in [-0.39, 0.29) is 5.91 Å². The molecule has 3 heteroatoms. The smallest absolute Gasteiger partial charge is 0.251 e. The van der Waals surface area contributed by atoms with Gasteiger partial charge in [0, 0.05) is 17.1 Å². The number of carbonyl (C=O) groups excluding carboxylic acids is 1. The first kappa shape index (κ1) is 16.0. The molecule has 0 aliphatic carbocycles. The normalized spacial score (nSPS) is 11.4. The summed E-state index contributed by atoms with van der Waals surface area (Å²) in [4.78, 5) is 12.1. The van der Waals surface area contributed by atoms with Gasteiger partial charge in [0.25, 0.3) is 5.91 Å². The minimum Gasteiger partial charge on any atom is -0.352 e. The Morgan fingerprint density at radius 3 is 2.26 bits per heavy atom. The van der Waals surface area contributed by atoms with Gasteiger partial charge in [0.1, 0.15) is 0 Å². The first-order valence-electron chi connectivity index (χ1n) is 6.87. The highest BCUT2D eigenvalue weighted by atomic mass is 35.5. The molecule has 0 radical (unpaired) electrons. The van der Waals surface area contributed by atoms with E-state index in [4.69, 9.17) is 11.6 Å². The minimum atomic E-state index is -0.0480. The van der Waals surface area contributed by atoms with E-state index in [1.807, 2.05) is 19.1 Å². The number of nitrogens with one attached hydrogen (secondary N) is 1. The topological polar surface area (TPSA) is 29.1 Å². The van der Waals surface area contributed by atoms with E-state index in [1.165, 1.54) is 0 Å². The van der Waals surface area contributed by atoms with Crippen LogP contribution in [-0.4, -0.2) is 12.5 Å². The summed E-state index contributed by atoms with van der Waals surface area (Å²) < 4.78 is 0. The molecule has 0 unspecified atom stereocenters. The van der Waals surface area contributed by atoms with Gasteiger partial charge in [-0.2, -0.15) is 0 Å². The van der Waals surface area contributed by atoms with Gasteiger partial charge >= 0.3 is 0 Å². The molecule has 1 rings (SSSR count). The molecule has 1 aromatic carbocycles. The van der Waals surface area contributed by atoms with Crippen molar-refractivity contribution >= 4 is 17.5 Å². The Hall–Kier alpha value is -1.02. The van der Waals surface area contributed by atoms with Crippen molar-refractivity contribution in [1.82, 2.24) is 5.32 Å². The van der Waals surface area contributed by atoms with Crippen LogP contribution in [0.15, 0.2) is 18.2 Å². The van der Waals surface area contributed by atoms with E-state index in [1.54, 1.807) is 6.07 Å². The number of hydrogen-bond acceptors (Lipinski definition) is 1. The van der Waals surface area contributed by atoms with Crippen LogP contribution < -0.4 is 5.32 Å². The molecule has 0 aromatic heterocycles. The molecule has 1 N–H and O–H groups in total. The Morgan fingerprint density at radius 2 is 1.79 bits per heavy atom. The van der Waals surface area contributed by atoms with Gasteiger partial charge in [0.05, 0.1) is 0 Å². The minimum absolute atomic E-state index is 0.0480. The summed E-state index contributed by atoms with van der Waals surface area (Å²) in [5.74, 6) is 1.56. The van der Waals surface area contributed by atoms with Crippen molar-refractivity contribution in [3.63, 3.8) is 0 Å². The average Bonchev–Trinajstić information content (AvgIpc) is 2.31. The van der Waals surface area contributed by atoms with Crippen molar-refractivity contribution < 1.29 is 4.79 Å². The predicted molar refractivity (Wildman–Crippen MR) is 81.7 cm³/mol. The number of carbonyl (C=O) groups is 1. The molecule has 0 aliphatic rings. The number of amides is 1. The molecule has 0 atom stereocenters. The molecule has 106 valence electrons. The Bertz CT molecular complexity index is 432. The number of aryl methyl sites for hydroxylation is 1.